The number of hydrogen-bond donors (Lipinski definition) is 1. The molecule has 98 valence electrons. The second kappa shape index (κ2) is 6.78. The Hall–Kier alpha value is -0.260. The molecule has 1 aromatic carbocycles. The number of hydrogen-bond acceptors (Lipinski definition) is 2. The molecule has 4 heteroatoms. The first-order valence-corrected chi connectivity index (χ1v) is 7.69. The van der Waals surface area contributed by atoms with Gasteiger partial charge in [-0.25, -0.2) is 0 Å². The highest BCUT2D eigenvalue weighted by Crippen LogP contribution is 2.31. The summed E-state index contributed by atoms with van der Waals surface area (Å²) in [5.41, 5.74) is 1.20. The van der Waals surface area contributed by atoms with Gasteiger partial charge in [-0.15, -0.1) is 0 Å². The number of halogens is 2. The topological polar surface area (TPSA) is 21.3 Å². The van der Waals surface area contributed by atoms with Gasteiger partial charge < -0.3 is 10.1 Å². The monoisotopic (exact) mass is 377 g/mol. The summed E-state index contributed by atoms with van der Waals surface area (Å²) in [4.78, 5) is 0. The zero-order valence-corrected chi connectivity index (χ0v) is 13.3. The van der Waals surface area contributed by atoms with E-state index >= 15 is 0 Å². The third-order valence-corrected chi connectivity index (χ3v) is 4.10. The van der Waals surface area contributed by atoms with Crippen molar-refractivity contribution in [2.24, 2.45) is 0 Å². The highest BCUT2D eigenvalue weighted by atomic mass is 127. The van der Waals surface area contributed by atoms with Crippen molar-refractivity contribution >= 4 is 34.2 Å². The van der Waals surface area contributed by atoms with Crippen molar-refractivity contribution in [3.8, 4) is 0 Å². The molecular weight excluding hydrogens is 361 g/mol. The lowest BCUT2D eigenvalue weighted by Gasteiger charge is -2.21. The Morgan fingerprint density at radius 3 is 3.00 bits per heavy atom. The first-order chi connectivity index (χ1) is 8.72. The third-order valence-electron chi connectivity index (χ3n) is 2.88. The van der Waals surface area contributed by atoms with Crippen molar-refractivity contribution in [3.05, 3.63) is 44.2 Å². The fraction of sp³-hybridized carbons (Fsp3) is 0.429. The van der Waals surface area contributed by atoms with Crippen LogP contribution in [-0.2, 0) is 4.74 Å². The van der Waals surface area contributed by atoms with Gasteiger partial charge in [-0.2, -0.15) is 0 Å². The minimum absolute atomic E-state index is 0.123. The number of ether oxygens (including phenoxy) is 1. The van der Waals surface area contributed by atoms with E-state index in [-0.39, 0.29) is 6.04 Å². The fourth-order valence-electron chi connectivity index (χ4n) is 2.03. The van der Waals surface area contributed by atoms with Crippen molar-refractivity contribution in [3.63, 3.8) is 0 Å². The Bertz CT molecular complexity index is 447. The molecular formula is C14H17ClINO. The van der Waals surface area contributed by atoms with E-state index in [1.165, 1.54) is 9.13 Å². The Morgan fingerprint density at radius 1 is 1.50 bits per heavy atom. The van der Waals surface area contributed by atoms with Crippen molar-refractivity contribution in [2.75, 3.05) is 13.2 Å². The molecule has 1 N–H and O–H groups in total. The molecule has 0 amide bonds. The maximum Gasteiger partial charge on any atom is 0.114 e. The van der Waals surface area contributed by atoms with Crippen molar-refractivity contribution in [1.82, 2.24) is 5.32 Å². The molecule has 1 aliphatic heterocycles. The molecule has 1 aromatic rings. The molecule has 18 heavy (non-hydrogen) atoms. The molecule has 0 bridgehead atoms. The van der Waals surface area contributed by atoms with Gasteiger partial charge in [0.1, 0.15) is 5.76 Å². The average molecular weight is 378 g/mol. The van der Waals surface area contributed by atoms with E-state index in [1.54, 1.807) is 0 Å². The SMILES string of the molecule is CCCNC(C1=CCCO1)c1cc(Cl)ccc1I. The van der Waals surface area contributed by atoms with Gasteiger partial charge in [0.05, 0.1) is 12.6 Å². The predicted octanol–water partition coefficient (Wildman–Crippen LogP) is 4.29. The molecule has 0 saturated carbocycles. The normalized spacial score (nSPS) is 16.3. The highest BCUT2D eigenvalue weighted by molar-refractivity contribution is 14.1. The summed E-state index contributed by atoms with van der Waals surface area (Å²) in [6.45, 7) is 3.92. The molecule has 1 heterocycles. The smallest absolute Gasteiger partial charge is 0.114 e. The second-order valence-corrected chi connectivity index (χ2v) is 5.90. The minimum atomic E-state index is 0.123. The van der Waals surface area contributed by atoms with Gasteiger partial charge in [0.25, 0.3) is 0 Å². The molecule has 0 fully saturated rings. The molecule has 1 unspecified atom stereocenters. The van der Waals surface area contributed by atoms with E-state index in [9.17, 15) is 0 Å². The molecule has 0 aliphatic carbocycles. The van der Waals surface area contributed by atoms with Crippen LogP contribution in [0.4, 0.5) is 0 Å². The van der Waals surface area contributed by atoms with Gasteiger partial charge >= 0.3 is 0 Å². The van der Waals surface area contributed by atoms with Crippen LogP contribution in [0.25, 0.3) is 0 Å². The van der Waals surface area contributed by atoms with Crippen LogP contribution in [-0.4, -0.2) is 13.2 Å². The standard InChI is InChI=1S/C14H17ClINO/c1-2-7-17-14(13-4-3-8-18-13)11-9-10(15)5-6-12(11)16/h4-6,9,14,17H,2-3,7-8H2,1H3. The molecule has 0 spiro atoms. The molecule has 2 rings (SSSR count). The lowest BCUT2D eigenvalue weighted by Crippen LogP contribution is -2.25. The molecule has 2 nitrogen and oxygen atoms in total. The Kier molecular flexibility index (Phi) is 5.33. The summed E-state index contributed by atoms with van der Waals surface area (Å²) in [5.74, 6) is 1.03. The maximum absolute atomic E-state index is 6.11. The summed E-state index contributed by atoms with van der Waals surface area (Å²) in [6, 6.07) is 6.12. The van der Waals surface area contributed by atoms with E-state index in [0.29, 0.717) is 0 Å². The van der Waals surface area contributed by atoms with Crippen molar-refractivity contribution in [1.29, 1.82) is 0 Å². The molecule has 0 radical (unpaired) electrons. The third kappa shape index (κ3) is 3.39. The van der Waals surface area contributed by atoms with Crippen LogP contribution < -0.4 is 5.32 Å². The van der Waals surface area contributed by atoms with Crippen molar-refractivity contribution < 1.29 is 4.74 Å². The van der Waals surface area contributed by atoms with Gasteiger partial charge in [-0.3, -0.25) is 0 Å². The predicted molar refractivity (Wildman–Crippen MR) is 83.9 cm³/mol. The van der Waals surface area contributed by atoms with Crippen LogP contribution in [0.1, 0.15) is 31.4 Å². The van der Waals surface area contributed by atoms with Gasteiger partial charge in [-0.05, 0) is 65.4 Å². The van der Waals surface area contributed by atoms with Gasteiger partial charge in [0, 0.05) is 15.0 Å². The summed E-state index contributed by atoms with van der Waals surface area (Å²) in [6.07, 6.45) is 4.27. The van der Waals surface area contributed by atoms with Crippen LogP contribution in [0.2, 0.25) is 5.02 Å². The largest absolute Gasteiger partial charge is 0.496 e. The summed E-state index contributed by atoms with van der Waals surface area (Å²) < 4.78 is 6.92. The van der Waals surface area contributed by atoms with E-state index in [1.807, 2.05) is 18.2 Å². The summed E-state index contributed by atoms with van der Waals surface area (Å²) >= 11 is 8.46. The van der Waals surface area contributed by atoms with Gasteiger partial charge in [-0.1, -0.05) is 18.5 Å². The molecule has 1 aliphatic rings. The molecule has 0 aromatic heterocycles. The summed E-state index contributed by atoms with van der Waals surface area (Å²) in [7, 11) is 0. The van der Waals surface area contributed by atoms with Crippen LogP contribution in [0.5, 0.6) is 0 Å². The van der Waals surface area contributed by atoms with E-state index in [4.69, 9.17) is 16.3 Å². The number of nitrogens with one attached hydrogen (secondary N) is 1. The van der Waals surface area contributed by atoms with Gasteiger partial charge in [0.15, 0.2) is 0 Å². The molecule has 0 saturated heterocycles. The van der Waals surface area contributed by atoms with Crippen LogP contribution >= 0.6 is 34.2 Å². The average Bonchev–Trinajstić information content (AvgIpc) is 2.88. The van der Waals surface area contributed by atoms with E-state index < -0.39 is 0 Å². The zero-order chi connectivity index (χ0) is 13.0. The highest BCUT2D eigenvalue weighted by Gasteiger charge is 2.22. The van der Waals surface area contributed by atoms with Gasteiger partial charge in [0.2, 0.25) is 0 Å². The molecule has 1 atom stereocenters. The maximum atomic E-state index is 6.11. The zero-order valence-electron chi connectivity index (χ0n) is 10.4. The minimum Gasteiger partial charge on any atom is -0.496 e. The quantitative estimate of drug-likeness (QED) is 0.773. The first kappa shape index (κ1) is 14.2. The van der Waals surface area contributed by atoms with Crippen molar-refractivity contribution in [2.45, 2.75) is 25.8 Å². The van der Waals surface area contributed by atoms with E-state index in [0.717, 1.165) is 36.8 Å². The Labute approximate surface area is 127 Å². The summed E-state index contributed by atoms with van der Waals surface area (Å²) in [5, 5.41) is 4.31. The lowest BCUT2D eigenvalue weighted by atomic mass is 10.0. The second-order valence-electron chi connectivity index (χ2n) is 4.30. The first-order valence-electron chi connectivity index (χ1n) is 6.23. The number of rotatable bonds is 5. The van der Waals surface area contributed by atoms with Crippen LogP contribution in [0.3, 0.4) is 0 Å². The van der Waals surface area contributed by atoms with E-state index in [2.05, 4.69) is 40.9 Å². The van der Waals surface area contributed by atoms with Crippen LogP contribution in [0, 0.1) is 3.57 Å². The number of benzene rings is 1. The Morgan fingerprint density at radius 2 is 2.33 bits per heavy atom. The Balaban J connectivity index is 2.29. The fourth-order valence-corrected chi connectivity index (χ4v) is 2.85. The lowest BCUT2D eigenvalue weighted by molar-refractivity contribution is 0.215. The van der Waals surface area contributed by atoms with Crippen LogP contribution in [0.15, 0.2) is 30.0 Å².